The maximum absolute atomic E-state index is 12.7. The first-order valence-electron chi connectivity index (χ1n) is 9.29. The van der Waals surface area contributed by atoms with E-state index in [9.17, 15) is 9.59 Å². The molecule has 0 aliphatic heterocycles. The van der Waals surface area contributed by atoms with Gasteiger partial charge in [0.25, 0.3) is 5.91 Å². The molecular formula is C21H24N4O2S2. The van der Waals surface area contributed by atoms with Gasteiger partial charge in [0.1, 0.15) is 0 Å². The number of likely N-dealkylation sites (N-methyl/N-ethyl adjacent to an activating group) is 1. The van der Waals surface area contributed by atoms with Gasteiger partial charge < -0.3 is 9.80 Å². The first kappa shape index (κ1) is 21.0. The van der Waals surface area contributed by atoms with E-state index in [1.807, 2.05) is 59.8 Å². The van der Waals surface area contributed by atoms with Crippen LogP contribution in [0.4, 0.5) is 10.8 Å². The summed E-state index contributed by atoms with van der Waals surface area (Å²) in [5.41, 5.74) is 2.89. The van der Waals surface area contributed by atoms with Crippen LogP contribution < -0.4 is 10.2 Å². The zero-order valence-electron chi connectivity index (χ0n) is 16.7. The Labute approximate surface area is 178 Å². The van der Waals surface area contributed by atoms with E-state index >= 15 is 0 Å². The molecule has 0 unspecified atom stereocenters. The normalized spacial score (nSPS) is 10.6. The zero-order valence-corrected chi connectivity index (χ0v) is 18.3. The summed E-state index contributed by atoms with van der Waals surface area (Å²) in [6.07, 6.45) is 0.217. The van der Waals surface area contributed by atoms with Gasteiger partial charge in [0.05, 0.1) is 17.0 Å². The Hall–Kier alpha value is -2.71. The standard InChI is InChI=1S/C21H24N4O2S2/c1-4-25(13-15-7-9-17(10-8-15)24(2)3)19(26)12-16-14-29-21(22-16)23-20(27)18-6-5-11-28-18/h5-11,14H,4,12-13H2,1-3H3,(H,22,23,27). The van der Waals surface area contributed by atoms with Crippen LogP contribution in [0.1, 0.15) is 27.9 Å². The molecule has 6 nitrogen and oxygen atoms in total. The molecule has 152 valence electrons. The fraction of sp³-hybridized carbons (Fsp3) is 0.286. The van der Waals surface area contributed by atoms with Crippen LogP contribution in [-0.2, 0) is 17.8 Å². The second kappa shape index (κ2) is 9.67. The second-order valence-corrected chi connectivity index (χ2v) is 8.53. The quantitative estimate of drug-likeness (QED) is 0.586. The molecule has 3 rings (SSSR count). The number of carbonyl (C=O) groups excluding carboxylic acids is 2. The molecule has 2 aromatic heterocycles. The van der Waals surface area contributed by atoms with Gasteiger partial charge in [0, 0.05) is 38.3 Å². The Morgan fingerprint density at radius 2 is 1.86 bits per heavy atom. The van der Waals surface area contributed by atoms with Crippen molar-refractivity contribution in [3.8, 4) is 0 Å². The van der Waals surface area contributed by atoms with E-state index in [0.29, 0.717) is 28.8 Å². The number of hydrogen-bond donors (Lipinski definition) is 1. The minimum Gasteiger partial charge on any atom is -0.378 e. The molecule has 0 aliphatic carbocycles. The lowest BCUT2D eigenvalue weighted by Gasteiger charge is -2.21. The molecule has 0 spiro atoms. The van der Waals surface area contributed by atoms with Gasteiger partial charge in [0.2, 0.25) is 5.91 Å². The molecule has 3 aromatic rings. The minimum absolute atomic E-state index is 0.0191. The Morgan fingerprint density at radius 1 is 1.10 bits per heavy atom. The van der Waals surface area contributed by atoms with Crippen LogP contribution in [0.15, 0.2) is 47.2 Å². The van der Waals surface area contributed by atoms with Gasteiger partial charge in [0.15, 0.2) is 5.13 Å². The molecule has 2 amide bonds. The third kappa shape index (κ3) is 5.65. The van der Waals surface area contributed by atoms with Gasteiger partial charge in [-0.2, -0.15) is 0 Å². The number of thiazole rings is 1. The van der Waals surface area contributed by atoms with Crippen LogP contribution in [-0.4, -0.2) is 42.3 Å². The van der Waals surface area contributed by atoms with Crippen LogP contribution in [0.3, 0.4) is 0 Å². The highest BCUT2D eigenvalue weighted by atomic mass is 32.1. The summed E-state index contributed by atoms with van der Waals surface area (Å²) >= 11 is 2.71. The van der Waals surface area contributed by atoms with Crippen molar-refractivity contribution in [2.45, 2.75) is 19.9 Å². The molecule has 0 saturated carbocycles. The van der Waals surface area contributed by atoms with Gasteiger partial charge in [-0.15, -0.1) is 22.7 Å². The molecule has 0 radical (unpaired) electrons. The molecule has 2 heterocycles. The van der Waals surface area contributed by atoms with Gasteiger partial charge in [-0.1, -0.05) is 18.2 Å². The highest BCUT2D eigenvalue weighted by Gasteiger charge is 2.16. The summed E-state index contributed by atoms with van der Waals surface area (Å²) in [5, 5.41) is 6.97. The third-order valence-electron chi connectivity index (χ3n) is 4.41. The van der Waals surface area contributed by atoms with Crippen LogP contribution in [0.25, 0.3) is 0 Å². The molecule has 1 N–H and O–H groups in total. The van der Waals surface area contributed by atoms with Crippen LogP contribution in [0.5, 0.6) is 0 Å². The fourth-order valence-electron chi connectivity index (χ4n) is 2.78. The number of anilines is 2. The lowest BCUT2D eigenvalue weighted by molar-refractivity contribution is -0.130. The highest BCUT2D eigenvalue weighted by Crippen LogP contribution is 2.19. The number of nitrogens with one attached hydrogen (secondary N) is 1. The Bertz CT molecular complexity index is 949. The lowest BCUT2D eigenvalue weighted by atomic mass is 10.1. The first-order valence-corrected chi connectivity index (χ1v) is 11.1. The van der Waals surface area contributed by atoms with E-state index in [1.54, 1.807) is 6.07 Å². The number of nitrogens with zero attached hydrogens (tertiary/aromatic N) is 3. The second-order valence-electron chi connectivity index (χ2n) is 6.72. The number of carbonyl (C=O) groups is 2. The molecular weight excluding hydrogens is 404 g/mol. The van der Waals surface area contributed by atoms with Gasteiger partial charge in [-0.05, 0) is 36.1 Å². The summed E-state index contributed by atoms with van der Waals surface area (Å²) in [7, 11) is 4.00. The van der Waals surface area contributed by atoms with Gasteiger partial charge in [-0.3, -0.25) is 14.9 Å². The fourth-order valence-corrected chi connectivity index (χ4v) is 4.10. The largest absolute Gasteiger partial charge is 0.378 e. The van der Waals surface area contributed by atoms with Crippen LogP contribution in [0.2, 0.25) is 0 Å². The molecule has 0 aliphatic rings. The maximum atomic E-state index is 12.7. The Balaban J connectivity index is 1.58. The van der Waals surface area contributed by atoms with Crippen molar-refractivity contribution in [1.29, 1.82) is 0 Å². The highest BCUT2D eigenvalue weighted by molar-refractivity contribution is 7.14. The third-order valence-corrected chi connectivity index (χ3v) is 6.09. The van der Waals surface area contributed by atoms with E-state index < -0.39 is 0 Å². The summed E-state index contributed by atoms with van der Waals surface area (Å²) in [6, 6.07) is 11.8. The summed E-state index contributed by atoms with van der Waals surface area (Å²) in [6.45, 7) is 3.16. The molecule has 29 heavy (non-hydrogen) atoms. The van der Waals surface area contributed by atoms with Crippen molar-refractivity contribution >= 4 is 45.3 Å². The van der Waals surface area contributed by atoms with E-state index in [0.717, 1.165) is 11.3 Å². The molecule has 8 heteroatoms. The molecule has 0 bridgehead atoms. The maximum Gasteiger partial charge on any atom is 0.267 e. The van der Waals surface area contributed by atoms with Gasteiger partial charge >= 0.3 is 0 Å². The number of benzene rings is 1. The SMILES string of the molecule is CCN(Cc1ccc(N(C)C)cc1)C(=O)Cc1csc(NC(=O)c2cccs2)n1. The summed E-state index contributed by atoms with van der Waals surface area (Å²) in [5.74, 6) is -0.158. The molecule has 0 atom stereocenters. The van der Waals surface area contributed by atoms with Crippen molar-refractivity contribution < 1.29 is 9.59 Å². The van der Waals surface area contributed by atoms with Crippen molar-refractivity contribution in [1.82, 2.24) is 9.88 Å². The number of hydrogen-bond acceptors (Lipinski definition) is 6. The van der Waals surface area contributed by atoms with Crippen LogP contribution in [0, 0.1) is 0 Å². The first-order chi connectivity index (χ1) is 14.0. The monoisotopic (exact) mass is 428 g/mol. The predicted octanol–water partition coefficient (Wildman–Crippen LogP) is 4.11. The van der Waals surface area contributed by atoms with Crippen molar-refractivity contribution in [3.63, 3.8) is 0 Å². The lowest BCUT2D eigenvalue weighted by Crippen LogP contribution is -2.31. The van der Waals surface area contributed by atoms with E-state index in [1.165, 1.54) is 22.7 Å². The minimum atomic E-state index is -0.177. The number of rotatable bonds is 8. The molecule has 1 aromatic carbocycles. The zero-order chi connectivity index (χ0) is 20.8. The predicted molar refractivity (Wildman–Crippen MR) is 120 cm³/mol. The van der Waals surface area contributed by atoms with Crippen molar-refractivity contribution in [3.05, 3.63) is 63.3 Å². The molecule has 0 fully saturated rings. The van der Waals surface area contributed by atoms with Gasteiger partial charge in [-0.25, -0.2) is 4.98 Å². The average molecular weight is 429 g/mol. The average Bonchev–Trinajstić information content (AvgIpc) is 3.38. The topological polar surface area (TPSA) is 65.5 Å². The number of amides is 2. The van der Waals surface area contributed by atoms with Crippen LogP contribution >= 0.6 is 22.7 Å². The number of aromatic nitrogens is 1. The Kier molecular flexibility index (Phi) is 7.00. The van der Waals surface area contributed by atoms with E-state index in [-0.39, 0.29) is 18.2 Å². The van der Waals surface area contributed by atoms with E-state index in [2.05, 4.69) is 22.4 Å². The van der Waals surface area contributed by atoms with Crippen molar-refractivity contribution in [2.75, 3.05) is 30.9 Å². The summed E-state index contributed by atoms with van der Waals surface area (Å²) < 4.78 is 0. The molecule has 0 saturated heterocycles. The van der Waals surface area contributed by atoms with Crippen molar-refractivity contribution in [2.24, 2.45) is 0 Å². The number of thiophene rings is 1. The smallest absolute Gasteiger partial charge is 0.267 e. The Morgan fingerprint density at radius 3 is 2.48 bits per heavy atom. The van der Waals surface area contributed by atoms with E-state index in [4.69, 9.17) is 0 Å². The summed E-state index contributed by atoms with van der Waals surface area (Å²) in [4.78, 5) is 33.7.